The molecule has 138 valence electrons. The van der Waals surface area contributed by atoms with Crippen LogP contribution in [0.5, 0.6) is 5.75 Å². The Kier molecular flexibility index (Phi) is 5.16. The summed E-state index contributed by atoms with van der Waals surface area (Å²) in [5.74, 6) is 0.463. The van der Waals surface area contributed by atoms with Crippen molar-refractivity contribution in [1.29, 1.82) is 0 Å². The van der Waals surface area contributed by atoms with Crippen LogP contribution in [-0.2, 0) is 11.3 Å². The lowest BCUT2D eigenvalue weighted by atomic mass is 10.2. The van der Waals surface area contributed by atoms with Crippen molar-refractivity contribution in [2.45, 2.75) is 13.5 Å². The van der Waals surface area contributed by atoms with Gasteiger partial charge in [-0.15, -0.1) is 0 Å². The van der Waals surface area contributed by atoms with Gasteiger partial charge in [0, 0.05) is 12.6 Å². The Balaban J connectivity index is 1.99. The third-order valence-corrected chi connectivity index (χ3v) is 3.87. The fourth-order valence-electron chi connectivity index (χ4n) is 2.59. The average Bonchev–Trinajstić information content (AvgIpc) is 2.65. The molecule has 2 aromatic carbocycles. The maximum Gasteiger partial charge on any atom is 0.352 e. The Morgan fingerprint density at radius 3 is 2.56 bits per heavy atom. The second kappa shape index (κ2) is 7.69. The number of benzene rings is 2. The highest BCUT2D eigenvalue weighted by atomic mass is 16.5. The van der Waals surface area contributed by atoms with E-state index in [1.54, 1.807) is 55.6 Å². The highest BCUT2D eigenvalue weighted by Crippen LogP contribution is 2.13. The summed E-state index contributed by atoms with van der Waals surface area (Å²) in [5.41, 5.74) is 0.680. The van der Waals surface area contributed by atoms with Crippen molar-refractivity contribution < 1.29 is 9.53 Å². The molecule has 0 aliphatic carbocycles. The number of hydrogen-bond donors (Lipinski definition) is 1. The zero-order chi connectivity index (χ0) is 19.4. The predicted octanol–water partition coefficient (Wildman–Crippen LogP) is 1.41. The van der Waals surface area contributed by atoms with Gasteiger partial charge in [-0.2, -0.15) is 9.78 Å². The van der Waals surface area contributed by atoms with Crippen molar-refractivity contribution in [3.05, 3.63) is 81.1 Å². The third kappa shape index (κ3) is 4.12. The fourth-order valence-corrected chi connectivity index (χ4v) is 2.59. The minimum absolute atomic E-state index is 0.107. The number of methoxy groups -OCH3 is 1. The number of nitrogens with zero attached hydrogens (tertiary/aromatic N) is 3. The first-order valence-electron chi connectivity index (χ1n) is 8.18. The second-order valence-electron chi connectivity index (χ2n) is 5.84. The summed E-state index contributed by atoms with van der Waals surface area (Å²) in [6, 6.07) is 13.8. The highest BCUT2D eigenvalue weighted by molar-refractivity contribution is 5.88. The summed E-state index contributed by atoms with van der Waals surface area (Å²) >= 11 is 0. The number of rotatable bonds is 5. The van der Waals surface area contributed by atoms with Crippen LogP contribution in [0, 0.1) is 0 Å². The van der Waals surface area contributed by atoms with Crippen molar-refractivity contribution >= 4 is 11.6 Å². The van der Waals surface area contributed by atoms with Gasteiger partial charge in [0.1, 0.15) is 11.9 Å². The van der Waals surface area contributed by atoms with E-state index in [-0.39, 0.29) is 12.5 Å². The maximum atomic E-state index is 12.8. The average molecular weight is 366 g/mol. The molecule has 27 heavy (non-hydrogen) atoms. The zero-order valence-electron chi connectivity index (χ0n) is 14.9. The SMILES string of the molecule is COc1ccc(Cn2c(=O)cnn(-c3cccc(NC(C)=O)c3)c2=O)cc1. The molecule has 0 bridgehead atoms. The van der Waals surface area contributed by atoms with Crippen molar-refractivity contribution in [2.24, 2.45) is 0 Å². The Morgan fingerprint density at radius 1 is 1.15 bits per heavy atom. The minimum Gasteiger partial charge on any atom is -0.497 e. The van der Waals surface area contributed by atoms with E-state index < -0.39 is 11.2 Å². The molecule has 3 aromatic rings. The lowest BCUT2D eigenvalue weighted by molar-refractivity contribution is -0.114. The quantitative estimate of drug-likeness (QED) is 0.737. The summed E-state index contributed by atoms with van der Waals surface area (Å²) in [4.78, 5) is 36.2. The number of aromatic nitrogens is 3. The van der Waals surface area contributed by atoms with E-state index in [1.165, 1.54) is 6.92 Å². The van der Waals surface area contributed by atoms with Gasteiger partial charge in [-0.1, -0.05) is 18.2 Å². The van der Waals surface area contributed by atoms with E-state index >= 15 is 0 Å². The van der Waals surface area contributed by atoms with E-state index in [1.807, 2.05) is 0 Å². The smallest absolute Gasteiger partial charge is 0.352 e. The van der Waals surface area contributed by atoms with Crippen LogP contribution in [0.1, 0.15) is 12.5 Å². The Morgan fingerprint density at radius 2 is 1.89 bits per heavy atom. The summed E-state index contributed by atoms with van der Waals surface area (Å²) in [6.45, 7) is 1.50. The molecule has 0 atom stereocenters. The van der Waals surface area contributed by atoms with Gasteiger partial charge < -0.3 is 10.1 Å². The van der Waals surface area contributed by atoms with Gasteiger partial charge in [-0.3, -0.25) is 14.2 Å². The third-order valence-electron chi connectivity index (χ3n) is 3.87. The molecule has 0 radical (unpaired) electrons. The molecule has 1 N–H and O–H groups in total. The van der Waals surface area contributed by atoms with Gasteiger partial charge in [0.15, 0.2) is 0 Å². The molecule has 0 fully saturated rings. The van der Waals surface area contributed by atoms with Crippen LogP contribution in [0.4, 0.5) is 5.69 Å². The van der Waals surface area contributed by atoms with E-state index in [2.05, 4.69) is 10.4 Å². The molecule has 1 heterocycles. The summed E-state index contributed by atoms with van der Waals surface area (Å²) < 4.78 is 7.33. The van der Waals surface area contributed by atoms with Crippen LogP contribution in [0.3, 0.4) is 0 Å². The van der Waals surface area contributed by atoms with Crippen LogP contribution in [0.25, 0.3) is 5.69 Å². The number of hydrogen-bond acceptors (Lipinski definition) is 5. The van der Waals surface area contributed by atoms with Gasteiger partial charge in [0.05, 0.1) is 19.3 Å². The summed E-state index contributed by atoms with van der Waals surface area (Å²) in [7, 11) is 1.57. The minimum atomic E-state index is -0.571. The monoisotopic (exact) mass is 366 g/mol. The van der Waals surface area contributed by atoms with Crippen molar-refractivity contribution in [3.8, 4) is 11.4 Å². The maximum absolute atomic E-state index is 12.8. The summed E-state index contributed by atoms with van der Waals surface area (Å²) in [6.07, 6.45) is 1.09. The lowest BCUT2D eigenvalue weighted by Gasteiger charge is -2.10. The van der Waals surface area contributed by atoms with Crippen LogP contribution in [0.2, 0.25) is 0 Å². The van der Waals surface area contributed by atoms with Crippen molar-refractivity contribution in [2.75, 3.05) is 12.4 Å². The standard InChI is InChI=1S/C19H18N4O4/c1-13(24)21-15-4-3-5-16(10-15)23-19(26)22(18(25)11-20-23)12-14-6-8-17(27-2)9-7-14/h3-11H,12H2,1-2H3,(H,21,24). The molecular formula is C19H18N4O4. The molecule has 0 aliphatic rings. The number of ether oxygens (including phenoxy) is 1. The largest absolute Gasteiger partial charge is 0.497 e. The molecule has 1 amide bonds. The van der Waals surface area contributed by atoms with Crippen LogP contribution in [-0.4, -0.2) is 27.4 Å². The molecule has 8 heteroatoms. The van der Waals surface area contributed by atoms with Crippen molar-refractivity contribution in [3.63, 3.8) is 0 Å². The second-order valence-corrected chi connectivity index (χ2v) is 5.84. The van der Waals surface area contributed by atoms with Gasteiger partial charge in [0.2, 0.25) is 5.91 Å². The molecular weight excluding hydrogens is 348 g/mol. The molecule has 0 unspecified atom stereocenters. The van der Waals surface area contributed by atoms with E-state index in [4.69, 9.17) is 4.74 Å². The first-order chi connectivity index (χ1) is 13.0. The first kappa shape index (κ1) is 18.1. The van der Waals surface area contributed by atoms with Crippen molar-refractivity contribution in [1.82, 2.24) is 14.3 Å². The lowest BCUT2D eigenvalue weighted by Crippen LogP contribution is -2.40. The van der Waals surface area contributed by atoms with Gasteiger partial charge in [0.25, 0.3) is 5.56 Å². The molecule has 0 saturated carbocycles. The van der Waals surface area contributed by atoms with E-state index in [0.29, 0.717) is 17.1 Å². The van der Waals surface area contributed by atoms with Gasteiger partial charge in [-0.05, 0) is 35.9 Å². The number of carbonyl (C=O) groups excluding carboxylic acids is 1. The number of amides is 1. The van der Waals surface area contributed by atoms with Gasteiger partial charge in [-0.25, -0.2) is 4.79 Å². The first-order valence-corrected chi connectivity index (χ1v) is 8.18. The zero-order valence-corrected chi connectivity index (χ0v) is 14.9. The number of anilines is 1. The number of nitrogens with one attached hydrogen (secondary N) is 1. The molecule has 3 rings (SSSR count). The van der Waals surface area contributed by atoms with Crippen LogP contribution >= 0.6 is 0 Å². The van der Waals surface area contributed by atoms with Crippen LogP contribution in [0.15, 0.2) is 64.3 Å². The molecule has 0 aliphatic heterocycles. The van der Waals surface area contributed by atoms with Gasteiger partial charge >= 0.3 is 5.69 Å². The Hall–Kier alpha value is -3.68. The molecule has 0 saturated heterocycles. The Labute approximate surface area is 154 Å². The van der Waals surface area contributed by atoms with E-state index in [0.717, 1.165) is 21.0 Å². The topological polar surface area (TPSA) is 95.2 Å². The molecule has 1 aromatic heterocycles. The van der Waals surface area contributed by atoms with E-state index in [9.17, 15) is 14.4 Å². The number of carbonyl (C=O) groups is 1. The normalized spacial score (nSPS) is 10.4. The molecule has 0 spiro atoms. The van der Waals surface area contributed by atoms with Crippen LogP contribution < -0.4 is 21.3 Å². The summed E-state index contributed by atoms with van der Waals surface area (Å²) in [5, 5.41) is 6.58. The Bertz CT molecular complexity index is 1080. The highest BCUT2D eigenvalue weighted by Gasteiger charge is 2.10. The molecule has 8 nitrogen and oxygen atoms in total. The fraction of sp³-hybridized carbons (Fsp3) is 0.158. The predicted molar refractivity (Wildman–Crippen MR) is 100 cm³/mol.